The predicted molar refractivity (Wildman–Crippen MR) is 60.4 cm³/mol. The van der Waals surface area contributed by atoms with Gasteiger partial charge in [-0.15, -0.1) is 0 Å². The summed E-state index contributed by atoms with van der Waals surface area (Å²) in [6, 6.07) is 0. The van der Waals surface area contributed by atoms with Gasteiger partial charge in [-0.05, 0) is 12.3 Å². The maximum atomic E-state index is 11.8. The SMILES string of the molecule is C=CCOC(=O)N1C(C)=C([O-])O[C@@H]1C(C)(C)C.[Li+]. The van der Waals surface area contributed by atoms with Gasteiger partial charge >= 0.3 is 25.0 Å². The summed E-state index contributed by atoms with van der Waals surface area (Å²) in [6.45, 7) is 10.8. The van der Waals surface area contributed by atoms with E-state index in [1.807, 2.05) is 20.8 Å². The van der Waals surface area contributed by atoms with Crippen molar-refractivity contribution in [3.05, 3.63) is 24.3 Å². The molecule has 0 fully saturated rings. The van der Waals surface area contributed by atoms with Crippen LogP contribution < -0.4 is 24.0 Å². The number of ether oxygens (including phenoxy) is 2. The largest absolute Gasteiger partial charge is 1.00 e. The maximum Gasteiger partial charge on any atom is 1.00 e. The van der Waals surface area contributed by atoms with Gasteiger partial charge in [0.05, 0.1) is 12.2 Å². The fraction of sp³-hybridized carbons (Fsp3) is 0.583. The van der Waals surface area contributed by atoms with E-state index in [4.69, 9.17) is 9.47 Å². The smallest absolute Gasteiger partial charge is 0.589 e. The van der Waals surface area contributed by atoms with Crippen molar-refractivity contribution in [3.63, 3.8) is 0 Å². The molecule has 1 amide bonds. The number of carbonyl (C=O) groups is 1. The molecule has 0 aromatic heterocycles. The van der Waals surface area contributed by atoms with Crippen LogP contribution in [0.5, 0.6) is 0 Å². The van der Waals surface area contributed by atoms with Crippen LogP contribution in [-0.2, 0) is 9.47 Å². The number of nitrogens with zero attached hydrogens (tertiary/aromatic N) is 1. The van der Waals surface area contributed by atoms with Crippen molar-refractivity contribution >= 4 is 6.09 Å². The van der Waals surface area contributed by atoms with E-state index in [1.54, 1.807) is 6.92 Å². The second kappa shape index (κ2) is 6.21. The molecule has 1 rings (SSSR count). The van der Waals surface area contributed by atoms with Gasteiger partial charge in [0.2, 0.25) is 0 Å². The molecule has 5 nitrogen and oxygen atoms in total. The summed E-state index contributed by atoms with van der Waals surface area (Å²) in [6.07, 6.45) is 0.249. The third kappa shape index (κ3) is 3.47. The number of rotatable bonds is 2. The van der Waals surface area contributed by atoms with Crippen molar-refractivity contribution in [1.29, 1.82) is 0 Å². The van der Waals surface area contributed by atoms with Crippen molar-refractivity contribution in [3.8, 4) is 0 Å². The van der Waals surface area contributed by atoms with Gasteiger partial charge in [-0.25, -0.2) is 4.79 Å². The van der Waals surface area contributed by atoms with Crippen LogP contribution in [0.2, 0.25) is 0 Å². The first-order valence-corrected chi connectivity index (χ1v) is 5.40. The first-order valence-electron chi connectivity index (χ1n) is 5.40. The van der Waals surface area contributed by atoms with Gasteiger partial charge in [-0.1, -0.05) is 33.4 Å². The average Bonchev–Trinajstić information content (AvgIpc) is 2.52. The molecule has 18 heavy (non-hydrogen) atoms. The first-order chi connectivity index (χ1) is 7.79. The number of hydrogen-bond acceptors (Lipinski definition) is 4. The Morgan fingerprint density at radius 1 is 1.61 bits per heavy atom. The van der Waals surface area contributed by atoms with Gasteiger partial charge in [0.15, 0.2) is 0 Å². The van der Waals surface area contributed by atoms with Crippen LogP contribution >= 0.6 is 0 Å². The number of allylic oxidation sites excluding steroid dienone is 1. The predicted octanol–water partition coefficient (Wildman–Crippen LogP) is -1.43. The molecule has 1 heterocycles. The molecule has 0 radical (unpaired) electrons. The zero-order valence-electron chi connectivity index (χ0n) is 11.6. The minimum absolute atomic E-state index is 0. The molecule has 0 saturated heterocycles. The number of hydrogen-bond donors (Lipinski definition) is 0. The van der Waals surface area contributed by atoms with E-state index >= 15 is 0 Å². The van der Waals surface area contributed by atoms with E-state index in [9.17, 15) is 9.90 Å². The Labute approximate surface area is 120 Å². The zero-order valence-corrected chi connectivity index (χ0v) is 11.6. The van der Waals surface area contributed by atoms with Crippen molar-refractivity contribution in [2.24, 2.45) is 5.41 Å². The Balaban J connectivity index is 0.00000289. The molecule has 96 valence electrons. The first kappa shape index (κ1) is 16.9. The third-order valence-corrected chi connectivity index (χ3v) is 2.37. The van der Waals surface area contributed by atoms with Crippen LogP contribution in [0.25, 0.3) is 0 Å². The molecule has 1 atom stereocenters. The molecule has 0 saturated carbocycles. The van der Waals surface area contributed by atoms with Gasteiger partial charge in [0, 0.05) is 5.70 Å². The monoisotopic (exact) mass is 247 g/mol. The summed E-state index contributed by atoms with van der Waals surface area (Å²) in [5.74, 6) is -0.486. The number of carbonyl (C=O) groups excluding carboxylic acids is 1. The second-order valence-electron chi connectivity index (χ2n) is 4.94. The number of amides is 1. The Bertz CT molecular complexity index is 360. The molecule has 0 N–H and O–H groups in total. The quantitative estimate of drug-likeness (QED) is 0.443. The summed E-state index contributed by atoms with van der Waals surface area (Å²) in [7, 11) is 0. The Kier molecular flexibility index (Phi) is 5.85. The Morgan fingerprint density at radius 2 is 2.17 bits per heavy atom. The molecule has 0 unspecified atom stereocenters. The molecule has 0 spiro atoms. The molecule has 6 heteroatoms. The molecule has 0 aromatic rings. The molecule has 0 bridgehead atoms. The minimum Gasteiger partial charge on any atom is -0.589 e. The van der Waals surface area contributed by atoms with Gasteiger partial charge in [-0.3, -0.25) is 4.90 Å². The van der Waals surface area contributed by atoms with Crippen LogP contribution in [0.15, 0.2) is 24.3 Å². The summed E-state index contributed by atoms with van der Waals surface area (Å²) < 4.78 is 10.1. The molecule has 1 aliphatic rings. The molecular formula is C12H18LiNO4. The maximum absolute atomic E-state index is 11.8. The standard InChI is InChI=1S/C12H19NO4.Li/c1-6-7-16-11(15)13-8(2)9(14)17-10(13)12(3,4)5;/h6,10,14H,1,7H2,2-5H3;/q;+1/p-1/t10-;/m1./s1. The van der Waals surface area contributed by atoms with Gasteiger partial charge in [0.25, 0.3) is 0 Å². The second-order valence-corrected chi connectivity index (χ2v) is 4.94. The van der Waals surface area contributed by atoms with Crippen molar-refractivity contribution in [2.45, 2.75) is 33.9 Å². The molecule has 1 aliphatic heterocycles. The van der Waals surface area contributed by atoms with Crippen LogP contribution in [-0.4, -0.2) is 23.8 Å². The van der Waals surface area contributed by atoms with Crippen LogP contribution in [0.4, 0.5) is 4.79 Å². The van der Waals surface area contributed by atoms with E-state index in [2.05, 4.69) is 6.58 Å². The van der Waals surface area contributed by atoms with E-state index in [1.165, 1.54) is 11.0 Å². The van der Waals surface area contributed by atoms with Crippen LogP contribution in [0, 0.1) is 5.41 Å². The normalized spacial score (nSPS) is 19.1. The van der Waals surface area contributed by atoms with E-state index in [0.717, 1.165) is 0 Å². The summed E-state index contributed by atoms with van der Waals surface area (Å²) in [5.41, 5.74) is -0.125. The molecule has 0 aromatic carbocycles. The van der Waals surface area contributed by atoms with Crippen molar-refractivity contribution in [2.75, 3.05) is 6.61 Å². The van der Waals surface area contributed by atoms with Gasteiger partial charge < -0.3 is 14.6 Å². The third-order valence-electron chi connectivity index (χ3n) is 2.37. The molecule has 0 aliphatic carbocycles. The Hall–Kier alpha value is -1.05. The summed E-state index contributed by atoms with van der Waals surface area (Å²) in [5, 5.41) is 11.5. The minimum atomic E-state index is -0.632. The summed E-state index contributed by atoms with van der Waals surface area (Å²) in [4.78, 5) is 13.1. The van der Waals surface area contributed by atoms with Gasteiger partial charge in [-0.2, -0.15) is 0 Å². The van der Waals surface area contributed by atoms with Crippen LogP contribution in [0.1, 0.15) is 27.7 Å². The Morgan fingerprint density at radius 3 is 2.61 bits per heavy atom. The van der Waals surface area contributed by atoms with Gasteiger partial charge in [0.1, 0.15) is 6.61 Å². The van der Waals surface area contributed by atoms with Crippen LogP contribution in [0.3, 0.4) is 0 Å². The van der Waals surface area contributed by atoms with E-state index in [-0.39, 0.29) is 36.6 Å². The zero-order chi connectivity index (χ0) is 13.2. The average molecular weight is 247 g/mol. The van der Waals surface area contributed by atoms with Crippen molar-refractivity contribution < 1.29 is 38.2 Å². The fourth-order valence-corrected chi connectivity index (χ4v) is 1.51. The van der Waals surface area contributed by atoms with E-state index < -0.39 is 18.3 Å². The fourth-order valence-electron chi connectivity index (χ4n) is 1.51. The van der Waals surface area contributed by atoms with E-state index in [0.29, 0.717) is 0 Å². The topological polar surface area (TPSA) is 61.8 Å². The summed E-state index contributed by atoms with van der Waals surface area (Å²) >= 11 is 0. The molecular weight excluding hydrogens is 229 g/mol. The van der Waals surface area contributed by atoms with Crippen molar-refractivity contribution in [1.82, 2.24) is 4.90 Å².